The number of carbonyl (C=O) groups is 1. The normalized spacial score (nSPS) is 11.9. The number of para-hydroxylation sites is 1. The van der Waals surface area contributed by atoms with Crippen molar-refractivity contribution in [2.24, 2.45) is 7.05 Å². The minimum atomic E-state index is -1.05. The van der Waals surface area contributed by atoms with Gasteiger partial charge in [-0.3, -0.25) is 0 Å². The Labute approximate surface area is 94.3 Å². The quantitative estimate of drug-likeness (QED) is 0.757. The van der Waals surface area contributed by atoms with Crippen LogP contribution in [-0.2, 0) is 17.3 Å². The van der Waals surface area contributed by atoms with Crippen molar-refractivity contribution < 1.29 is 9.90 Å². The van der Waals surface area contributed by atoms with E-state index in [1.54, 1.807) is 13.8 Å². The van der Waals surface area contributed by atoms with Gasteiger partial charge in [0.2, 0.25) is 0 Å². The molecule has 3 nitrogen and oxygen atoms in total. The van der Waals surface area contributed by atoms with Gasteiger partial charge in [-0.25, -0.2) is 0 Å². The minimum Gasteiger partial charge on any atom is -0.549 e. The summed E-state index contributed by atoms with van der Waals surface area (Å²) in [5, 5.41) is 12.1. The topological polar surface area (TPSA) is 45.1 Å². The van der Waals surface area contributed by atoms with Gasteiger partial charge < -0.3 is 14.5 Å². The summed E-state index contributed by atoms with van der Waals surface area (Å²) in [6, 6.07) is 7.77. The van der Waals surface area contributed by atoms with E-state index in [1.165, 1.54) is 0 Å². The SMILES string of the molecule is Cn1cc(C(C)(C)C(=O)[O-])c2ccccc21. The molecule has 1 aromatic carbocycles. The molecule has 0 aliphatic heterocycles. The summed E-state index contributed by atoms with van der Waals surface area (Å²) >= 11 is 0. The van der Waals surface area contributed by atoms with Crippen LogP contribution in [0.15, 0.2) is 30.5 Å². The predicted octanol–water partition coefficient (Wildman–Crippen LogP) is 1.21. The van der Waals surface area contributed by atoms with E-state index in [-0.39, 0.29) is 0 Å². The summed E-state index contributed by atoms with van der Waals surface area (Å²) in [4.78, 5) is 11.2. The van der Waals surface area contributed by atoms with E-state index in [2.05, 4.69) is 0 Å². The van der Waals surface area contributed by atoms with Crippen LogP contribution in [0.2, 0.25) is 0 Å². The molecule has 84 valence electrons. The van der Waals surface area contributed by atoms with Gasteiger partial charge in [0, 0.05) is 29.6 Å². The monoisotopic (exact) mass is 216 g/mol. The van der Waals surface area contributed by atoms with Crippen LogP contribution >= 0.6 is 0 Å². The zero-order valence-corrected chi connectivity index (χ0v) is 9.65. The highest BCUT2D eigenvalue weighted by atomic mass is 16.4. The summed E-state index contributed by atoms with van der Waals surface area (Å²) in [6.45, 7) is 3.34. The van der Waals surface area contributed by atoms with Crippen molar-refractivity contribution in [1.29, 1.82) is 0 Å². The highest BCUT2D eigenvalue weighted by molar-refractivity contribution is 5.91. The number of nitrogens with zero attached hydrogens (tertiary/aromatic N) is 1. The summed E-state index contributed by atoms with van der Waals surface area (Å²) in [5.41, 5.74) is 0.860. The smallest absolute Gasteiger partial charge is 0.0515 e. The maximum absolute atomic E-state index is 11.2. The van der Waals surface area contributed by atoms with Crippen molar-refractivity contribution in [2.75, 3.05) is 0 Å². The van der Waals surface area contributed by atoms with Crippen molar-refractivity contribution in [1.82, 2.24) is 4.57 Å². The predicted molar refractivity (Wildman–Crippen MR) is 61.0 cm³/mol. The zero-order chi connectivity index (χ0) is 11.9. The molecule has 2 aromatic rings. The molecule has 16 heavy (non-hydrogen) atoms. The van der Waals surface area contributed by atoms with E-state index in [9.17, 15) is 9.90 Å². The number of carboxylic acid groups (broad SMARTS) is 1. The molecule has 2 rings (SSSR count). The maximum Gasteiger partial charge on any atom is 0.0515 e. The van der Waals surface area contributed by atoms with Gasteiger partial charge in [-0.1, -0.05) is 32.0 Å². The van der Waals surface area contributed by atoms with Crippen molar-refractivity contribution in [3.63, 3.8) is 0 Å². The Balaban J connectivity index is 2.75. The summed E-state index contributed by atoms with van der Waals surface area (Å²) in [6.07, 6.45) is 1.86. The lowest BCUT2D eigenvalue weighted by Crippen LogP contribution is -2.41. The van der Waals surface area contributed by atoms with Crippen molar-refractivity contribution in [2.45, 2.75) is 19.3 Å². The zero-order valence-electron chi connectivity index (χ0n) is 9.65. The fourth-order valence-electron chi connectivity index (χ4n) is 1.95. The number of aromatic nitrogens is 1. The lowest BCUT2D eigenvalue weighted by molar-refractivity contribution is -0.312. The van der Waals surface area contributed by atoms with Gasteiger partial charge in [-0.15, -0.1) is 0 Å². The molecule has 0 spiro atoms. The van der Waals surface area contributed by atoms with Gasteiger partial charge in [-0.05, 0) is 11.6 Å². The molecule has 0 saturated heterocycles. The first-order valence-corrected chi connectivity index (χ1v) is 5.20. The molecular formula is C13H14NO2-. The molecule has 0 N–H and O–H groups in total. The van der Waals surface area contributed by atoms with Gasteiger partial charge in [0.25, 0.3) is 0 Å². The van der Waals surface area contributed by atoms with Crippen LogP contribution in [0.4, 0.5) is 0 Å². The second-order valence-corrected chi connectivity index (χ2v) is 4.58. The highest BCUT2D eigenvalue weighted by Gasteiger charge is 2.25. The van der Waals surface area contributed by atoms with E-state index >= 15 is 0 Å². The van der Waals surface area contributed by atoms with E-state index in [0.29, 0.717) is 0 Å². The van der Waals surface area contributed by atoms with Crippen LogP contribution < -0.4 is 5.11 Å². The van der Waals surface area contributed by atoms with Crippen molar-refractivity contribution in [3.05, 3.63) is 36.0 Å². The number of aryl methyl sites for hydroxylation is 1. The lowest BCUT2D eigenvalue weighted by Gasteiger charge is -2.25. The Morgan fingerprint density at radius 3 is 2.56 bits per heavy atom. The summed E-state index contributed by atoms with van der Waals surface area (Å²) in [7, 11) is 1.91. The fourth-order valence-corrected chi connectivity index (χ4v) is 1.95. The standard InChI is InChI=1S/C13H15NO2/c1-13(2,12(15)16)10-8-14(3)11-7-5-4-6-9(10)11/h4-8H,1-3H3,(H,15,16)/p-1. The number of fused-ring (bicyclic) bond motifs is 1. The minimum absolute atomic E-state index is 0.797. The number of hydrogen-bond acceptors (Lipinski definition) is 2. The maximum atomic E-state index is 11.2. The molecule has 0 atom stereocenters. The first kappa shape index (κ1) is 10.7. The Kier molecular flexibility index (Phi) is 2.26. The Morgan fingerprint density at radius 2 is 1.94 bits per heavy atom. The molecule has 0 unspecified atom stereocenters. The fraction of sp³-hybridized carbons (Fsp3) is 0.308. The van der Waals surface area contributed by atoms with Gasteiger partial charge in [0.1, 0.15) is 0 Å². The molecule has 0 aliphatic carbocycles. The van der Waals surface area contributed by atoms with Gasteiger partial charge in [-0.2, -0.15) is 0 Å². The molecule has 1 aromatic heterocycles. The molecule has 0 bridgehead atoms. The number of benzene rings is 1. The third-order valence-electron chi connectivity index (χ3n) is 3.08. The Hall–Kier alpha value is -1.77. The number of aliphatic carboxylic acids is 1. The van der Waals surface area contributed by atoms with Crippen LogP contribution in [-0.4, -0.2) is 10.5 Å². The van der Waals surface area contributed by atoms with Gasteiger partial charge in [0.05, 0.1) is 5.97 Å². The molecule has 0 radical (unpaired) electrons. The van der Waals surface area contributed by atoms with Gasteiger partial charge in [0.15, 0.2) is 0 Å². The molecule has 0 aliphatic rings. The van der Waals surface area contributed by atoms with Crippen LogP contribution in [0.3, 0.4) is 0 Å². The van der Waals surface area contributed by atoms with Crippen LogP contribution in [0.1, 0.15) is 19.4 Å². The average molecular weight is 216 g/mol. The van der Waals surface area contributed by atoms with E-state index < -0.39 is 11.4 Å². The Bertz CT molecular complexity index is 552. The van der Waals surface area contributed by atoms with Crippen LogP contribution in [0.5, 0.6) is 0 Å². The van der Waals surface area contributed by atoms with E-state index in [4.69, 9.17) is 0 Å². The first-order valence-electron chi connectivity index (χ1n) is 5.20. The van der Waals surface area contributed by atoms with Crippen molar-refractivity contribution >= 4 is 16.9 Å². The lowest BCUT2D eigenvalue weighted by atomic mass is 9.85. The van der Waals surface area contributed by atoms with Crippen LogP contribution in [0.25, 0.3) is 10.9 Å². The van der Waals surface area contributed by atoms with Crippen molar-refractivity contribution in [3.8, 4) is 0 Å². The average Bonchev–Trinajstić information content (AvgIpc) is 2.57. The van der Waals surface area contributed by atoms with Crippen LogP contribution in [0, 0.1) is 0 Å². The number of carbonyl (C=O) groups excluding carboxylic acids is 1. The first-order chi connectivity index (χ1) is 7.44. The van der Waals surface area contributed by atoms with E-state index in [1.807, 2.05) is 42.1 Å². The molecule has 0 fully saturated rings. The molecule has 1 heterocycles. The largest absolute Gasteiger partial charge is 0.549 e. The summed E-state index contributed by atoms with van der Waals surface area (Å²) in [5.74, 6) is -1.05. The second-order valence-electron chi connectivity index (χ2n) is 4.58. The molecule has 3 heteroatoms. The number of rotatable bonds is 2. The Morgan fingerprint density at radius 1 is 1.31 bits per heavy atom. The number of hydrogen-bond donors (Lipinski definition) is 0. The highest BCUT2D eigenvalue weighted by Crippen LogP contribution is 2.31. The molecule has 0 saturated carbocycles. The molecule has 0 amide bonds. The van der Waals surface area contributed by atoms with Gasteiger partial charge >= 0.3 is 0 Å². The third-order valence-corrected chi connectivity index (χ3v) is 3.08. The van der Waals surface area contributed by atoms with E-state index in [0.717, 1.165) is 16.5 Å². The number of carboxylic acids is 1. The summed E-state index contributed by atoms with van der Waals surface area (Å²) < 4.78 is 1.94. The molecular weight excluding hydrogens is 202 g/mol. The third kappa shape index (κ3) is 1.40. The second kappa shape index (κ2) is 3.37.